The number of ether oxygens (including phenoxy) is 2. The molecule has 0 aromatic rings. The zero-order valence-electron chi connectivity index (χ0n) is 24.1. The molecule has 0 bridgehead atoms. The Bertz CT molecular complexity index is 353. The third-order valence-electron chi connectivity index (χ3n) is 7.04. The van der Waals surface area contributed by atoms with Gasteiger partial charge in [0, 0.05) is 36.2 Å². The molecule has 0 aromatic carbocycles. The SMILES string of the molecule is CCCC[SiH](CCCC)C(CCCSSCCCC(OCC)[SiH](CCCC)CCCC)OCC. The maximum Gasteiger partial charge on any atom is 0.0717 e. The molecule has 6 heteroatoms. The lowest BCUT2D eigenvalue weighted by Gasteiger charge is -2.26. The molecule has 0 aliphatic carbocycles. The second-order valence-electron chi connectivity index (χ2n) is 10.0. The Morgan fingerprint density at radius 2 is 0.824 bits per heavy atom. The van der Waals surface area contributed by atoms with E-state index in [1.54, 1.807) is 0 Å². The Morgan fingerprint density at radius 3 is 1.09 bits per heavy atom. The normalized spacial score (nSPS) is 13.8. The van der Waals surface area contributed by atoms with Crippen LogP contribution in [-0.2, 0) is 9.47 Å². The van der Waals surface area contributed by atoms with Crippen LogP contribution in [-0.4, -0.2) is 53.8 Å². The van der Waals surface area contributed by atoms with Gasteiger partial charge in [0.05, 0.1) is 17.6 Å². The third kappa shape index (κ3) is 19.2. The monoisotopic (exact) mass is 550 g/mol. The van der Waals surface area contributed by atoms with Crippen LogP contribution in [0.5, 0.6) is 0 Å². The summed E-state index contributed by atoms with van der Waals surface area (Å²) in [5.74, 6) is 2.58. The van der Waals surface area contributed by atoms with Gasteiger partial charge in [0.2, 0.25) is 0 Å². The Kier molecular flexibility index (Phi) is 27.9. The Morgan fingerprint density at radius 1 is 0.500 bits per heavy atom. The predicted octanol–water partition coefficient (Wildman–Crippen LogP) is 9.47. The molecule has 34 heavy (non-hydrogen) atoms. The van der Waals surface area contributed by atoms with Crippen LogP contribution in [0.2, 0.25) is 24.2 Å². The first-order chi connectivity index (χ1) is 16.7. The summed E-state index contributed by atoms with van der Waals surface area (Å²) < 4.78 is 12.6. The number of unbranched alkanes of at least 4 members (excludes halogenated alkanes) is 4. The molecule has 0 spiro atoms. The maximum absolute atomic E-state index is 6.31. The van der Waals surface area contributed by atoms with Crippen molar-refractivity contribution >= 4 is 39.2 Å². The average Bonchev–Trinajstić information content (AvgIpc) is 2.84. The molecule has 0 N–H and O–H groups in total. The maximum atomic E-state index is 6.31. The minimum atomic E-state index is -0.766. The molecule has 2 nitrogen and oxygen atoms in total. The van der Waals surface area contributed by atoms with E-state index in [1.807, 2.05) is 0 Å². The van der Waals surface area contributed by atoms with E-state index in [1.165, 1.54) is 113 Å². The van der Waals surface area contributed by atoms with E-state index in [4.69, 9.17) is 9.47 Å². The highest BCUT2D eigenvalue weighted by molar-refractivity contribution is 8.76. The summed E-state index contributed by atoms with van der Waals surface area (Å²) in [7, 11) is 2.69. The van der Waals surface area contributed by atoms with Gasteiger partial charge in [0.15, 0.2) is 0 Å². The Balaban J connectivity index is 4.27. The van der Waals surface area contributed by atoms with Gasteiger partial charge < -0.3 is 9.47 Å². The largest absolute Gasteiger partial charge is 0.382 e. The van der Waals surface area contributed by atoms with Crippen molar-refractivity contribution in [2.75, 3.05) is 24.7 Å². The van der Waals surface area contributed by atoms with E-state index >= 15 is 0 Å². The highest BCUT2D eigenvalue weighted by atomic mass is 33.1. The first-order valence-corrected chi connectivity index (χ1v) is 22.2. The zero-order chi connectivity index (χ0) is 25.3. The van der Waals surface area contributed by atoms with Crippen LogP contribution in [0.3, 0.4) is 0 Å². The summed E-state index contributed by atoms with van der Waals surface area (Å²) in [5.41, 5.74) is 1.24. The summed E-state index contributed by atoms with van der Waals surface area (Å²) in [6, 6.07) is 5.96. The van der Waals surface area contributed by atoms with Crippen LogP contribution in [0.15, 0.2) is 0 Å². The van der Waals surface area contributed by atoms with Gasteiger partial charge >= 0.3 is 0 Å². The van der Waals surface area contributed by atoms with E-state index in [-0.39, 0.29) is 0 Å². The van der Waals surface area contributed by atoms with Crippen molar-refractivity contribution in [3.8, 4) is 0 Å². The molecule has 2 unspecified atom stereocenters. The molecule has 0 aliphatic heterocycles. The lowest BCUT2D eigenvalue weighted by molar-refractivity contribution is 0.106. The molecule has 0 rings (SSSR count). The molecule has 0 aliphatic rings. The van der Waals surface area contributed by atoms with E-state index < -0.39 is 17.6 Å². The summed E-state index contributed by atoms with van der Waals surface area (Å²) in [6.45, 7) is 15.5. The lowest BCUT2D eigenvalue weighted by Crippen LogP contribution is -2.33. The molecule has 206 valence electrons. The van der Waals surface area contributed by atoms with Gasteiger partial charge in [0.1, 0.15) is 0 Å². The minimum absolute atomic E-state index is 0.619. The zero-order valence-corrected chi connectivity index (χ0v) is 28.0. The lowest BCUT2D eigenvalue weighted by atomic mass is 10.3. The van der Waals surface area contributed by atoms with Crippen molar-refractivity contribution in [3.63, 3.8) is 0 Å². The molecular weight excluding hydrogens is 489 g/mol. The molecule has 2 atom stereocenters. The van der Waals surface area contributed by atoms with E-state index in [0.29, 0.717) is 11.5 Å². The predicted molar refractivity (Wildman–Crippen MR) is 167 cm³/mol. The molecular formula is C28H62O2S2Si2. The van der Waals surface area contributed by atoms with Crippen molar-refractivity contribution in [1.29, 1.82) is 0 Å². The van der Waals surface area contributed by atoms with E-state index in [9.17, 15) is 0 Å². The summed E-state index contributed by atoms with van der Waals surface area (Å²) in [4.78, 5) is 0. The fourth-order valence-electron chi connectivity index (χ4n) is 5.04. The molecule has 0 fully saturated rings. The van der Waals surface area contributed by atoms with Gasteiger partial charge in [-0.3, -0.25) is 0 Å². The van der Waals surface area contributed by atoms with Crippen molar-refractivity contribution in [2.24, 2.45) is 0 Å². The topological polar surface area (TPSA) is 18.5 Å². The van der Waals surface area contributed by atoms with Crippen molar-refractivity contribution in [1.82, 2.24) is 0 Å². The number of hydrogen-bond acceptors (Lipinski definition) is 4. The Labute approximate surface area is 226 Å². The van der Waals surface area contributed by atoms with Crippen LogP contribution in [0.1, 0.15) is 119 Å². The van der Waals surface area contributed by atoms with Crippen LogP contribution in [0.4, 0.5) is 0 Å². The van der Waals surface area contributed by atoms with Crippen molar-refractivity contribution < 1.29 is 9.47 Å². The molecule has 0 saturated heterocycles. The second-order valence-corrected chi connectivity index (χ2v) is 19.5. The third-order valence-corrected chi connectivity index (χ3v) is 17.4. The highest BCUT2D eigenvalue weighted by Crippen LogP contribution is 2.27. The summed E-state index contributed by atoms with van der Waals surface area (Å²) in [6.07, 6.45) is 16.3. The van der Waals surface area contributed by atoms with Gasteiger partial charge in [-0.15, -0.1) is 0 Å². The van der Waals surface area contributed by atoms with Gasteiger partial charge in [-0.25, -0.2) is 0 Å². The first-order valence-electron chi connectivity index (χ1n) is 15.2. The van der Waals surface area contributed by atoms with Gasteiger partial charge in [-0.05, 0) is 39.5 Å². The molecule has 0 saturated carbocycles. The second kappa shape index (κ2) is 27.1. The number of hydrogen-bond donors (Lipinski definition) is 0. The van der Waals surface area contributed by atoms with Crippen LogP contribution >= 0.6 is 21.6 Å². The van der Waals surface area contributed by atoms with E-state index in [0.717, 1.165) is 13.2 Å². The van der Waals surface area contributed by atoms with Gasteiger partial charge in [0.25, 0.3) is 0 Å². The van der Waals surface area contributed by atoms with Gasteiger partial charge in [-0.2, -0.15) is 0 Å². The summed E-state index contributed by atoms with van der Waals surface area (Å²) in [5, 5.41) is 0. The fraction of sp³-hybridized carbons (Fsp3) is 1.00. The first kappa shape index (κ1) is 35.1. The number of rotatable bonds is 27. The smallest absolute Gasteiger partial charge is 0.0717 e. The van der Waals surface area contributed by atoms with Crippen molar-refractivity contribution in [2.45, 2.75) is 154 Å². The van der Waals surface area contributed by atoms with Crippen LogP contribution in [0, 0.1) is 0 Å². The molecule has 0 amide bonds. The quantitative estimate of drug-likeness (QED) is 0.0575. The highest BCUT2D eigenvalue weighted by Gasteiger charge is 2.23. The van der Waals surface area contributed by atoms with Crippen LogP contribution < -0.4 is 0 Å². The average molecular weight is 551 g/mol. The van der Waals surface area contributed by atoms with Crippen molar-refractivity contribution in [3.05, 3.63) is 0 Å². The fourth-order valence-corrected chi connectivity index (χ4v) is 15.4. The minimum Gasteiger partial charge on any atom is -0.382 e. The Hall–Kier alpha value is 1.05. The van der Waals surface area contributed by atoms with E-state index in [2.05, 4.69) is 63.1 Å². The molecule has 0 aromatic heterocycles. The summed E-state index contributed by atoms with van der Waals surface area (Å²) >= 11 is 0. The standard InChI is InChI=1S/C28H62O2S2Si2/c1-7-13-23-33(24-14-8-2)27(29-11-5)19-17-21-31-32-22-18-20-28(30-12-6)34(25-15-9-3)26-16-10-4/h27-28,33-34H,7-26H2,1-6H3. The van der Waals surface area contributed by atoms with Crippen LogP contribution in [0.25, 0.3) is 0 Å². The van der Waals surface area contributed by atoms with Gasteiger partial charge in [-0.1, -0.05) is 125 Å². The molecule has 0 heterocycles. The molecule has 0 radical (unpaired) electrons.